The Balaban J connectivity index is 1.28. The average molecular weight is 787 g/mol. The van der Waals surface area contributed by atoms with Gasteiger partial charge in [-0.1, -0.05) is 0 Å². The maximum atomic E-state index is 15.3. The van der Waals surface area contributed by atoms with E-state index >= 15 is 8.78 Å². The Bertz CT molecular complexity index is 2440. The largest absolute Gasteiger partial charge is 0.493 e. The second-order valence-corrected chi connectivity index (χ2v) is 14.5. The van der Waals surface area contributed by atoms with E-state index < -0.39 is 35.5 Å². The molecule has 0 unspecified atom stereocenters. The first-order chi connectivity index (χ1) is 27.2. The Morgan fingerprint density at radius 2 is 1.07 bits per heavy atom. The Hall–Kier alpha value is -6.32. The molecule has 0 spiro atoms. The van der Waals surface area contributed by atoms with Crippen molar-refractivity contribution in [1.82, 2.24) is 28.9 Å². The summed E-state index contributed by atoms with van der Waals surface area (Å²) in [7, 11) is 6.47. The van der Waals surface area contributed by atoms with Gasteiger partial charge in [0.2, 0.25) is 0 Å². The van der Waals surface area contributed by atoms with Gasteiger partial charge in [-0.05, 0) is 38.1 Å². The number of hydrogen-bond acceptors (Lipinski definition) is 8. The topological polar surface area (TPSA) is 113 Å². The van der Waals surface area contributed by atoms with Crippen LogP contribution in [0.2, 0.25) is 0 Å². The van der Waals surface area contributed by atoms with Gasteiger partial charge in [-0.15, -0.1) is 0 Å². The Morgan fingerprint density at radius 3 is 1.46 bits per heavy atom. The summed E-state index contributed by atoms with van der Waals surface area (Å²) in [6.07, 6.45) is -1.33. The molecule has 0 N–H and O–H groups in total. The number of amides is 2. The molecule has 2 amide bonds. The van der Waals surface area contributed by atoms with Crippen molar-refractivity contribution >= 4 is 33.9 Å². The third-order valence-corrected chi connectivity index (χ3v) is 10.2. The van der Waals surface area contributed by atoms with Gasteiger partial charge in [-0.3, -0.25) is 9.59 Å². The highest BCUT2D eigenvalue weighted by Crippen LogP contribution is 2.42. The Morgan fingerprint density at radius 1 is 0.667 bits per heavy atom. The van der Waals surface area contributed by atoms with Crippen molar-refractivity contribution in [3.05, 3.63) is 106 Å². The molecule has 16 heteroatoms. The number of benzene rings is 4. The van der Waals surface area contributed by atoms with Gasteiger partial charge < -0.3 is 37.9 Å². The fraction of sp³-hybridized carbons (Fsp3) is 0.317. The summed E-state index contributed by atoms with van der Waals surface area (Å²) in [6.45, 7) is 3.90. The van der Waals surface area contributed by atoms with Crippen LogP contribution in [-0.2, 0) is 6.67 Å². The molecular weight excluding hydrogens is 748 g/mol. The highest BCUT2D eigenvalue weighted by Gasteiger charge is 2.32. The number of ether oxygens (including phenoxy) is 4. The maximum absolute atomic E-state index is 15.3. The lowest BCUT2D eigenvalue weighted by Crippen LogP contribution is -2.23. The van der Waals surface area contributed by atoms with Crippen LogP contribution in [0, 0.1) is 37.1 Å². The van der Waals surface area contributed by atoms with Crippen molar-refractivity contribution in [2.75, 3.05) is 41.4 Å². The number of nitrogens with zero attached hydrogens (tertiary/aromatic N) is 6. The summed E-state index contributed by atoms with van der Waals surface area (Å²) < 4.78 is 87.0. The van der Waals surface area contributed by atoms with E-state index in [0.717, 1.165) is 24.3 Å². The van der Waals surface area contributed by atoms with E-state index in [-0.39, 0.29) is 89.8 Å². The number of fused-ring (bicyclic) bond motifs is 4. The summed E-state index contributed by atoms with van der Waals surface area (Å²) in [5, 5.41) is 0. The first kappa shape index (κ1) is 37.6. The number of imidazole rings is 2. The van der Waals surface area contributed by atoms with E-state index in [9.17, 15) is 18.4 Å². The molecule has 2 atom stereocenters. The summed E-state index contributed by atoms with van der Waals surface area (Å²) >= 11 is 0. The van der Waals surface area contributed by atoms with E-state index in [1.54, 1.807) is 66.3 Å². The van der Waals surface area contributed by atoms with E-state index in [1.807, 2.05) is 9.13 Å². The number of aryl methyl sites for hydroxylation is 2. The first-order valence-corrected chi connectivity index (χ1v) is 18.2. The minimum absolute atomic E-state index is 0.0301. The quantitative estimate of drug-likeness (QED) is 0.148. The zero-order chi connectivity index (χ0) is 40.4. The number of hydrogen-bond donors (Lipinski definition) is 0. The molecule has 2 aliphatic rings. The smallest absolute Gasteiger partial charge is 0.253 e. The van der Waals surface area contributed by atoms with Crippen LogP contribution in [-0.4, -0.2) is 82.1 Å². The molecular formula is C41H38F4N6O6. The van der Waals surface area contributed by atoms with Crippen molar-refractivity contribution in [1.29, 1.82) is 0 Å². The van der Waals surface area contributed by atoms with Gasteiger partial charge in [-0.25, -0.2) is 27.5 Å². The Labute approximate surface area is 324 Å². The van der Waals surface area contributed by atoms with Crippen LogP contribution in [0.3, 0.4) is 0 Å². The minimum atomic E-state index is -0.898. The van der Waals surface area contributed by atoms with Crippen LogP contribution >= 0.6 is 0 Å². The molecule has 57 heavy (non-hydrogen) atoms. The van der Waals surface area contributed by atoms with Crippen LogP contribution < -0.4 is 18.9 Å². The van der Waals surface area contributed by atoms with Crippen molar-refractivity contribution in [2.45, 2.75) is 45.6 Å². The lowest BCUT2D eigenvalue weighted by molar-refractivity contribution is 0.0819. The molecule has 0 bridgehead atoms. The number of halogens is 4. The lowest BCUT2D eigenvalue weighted by Gasteiger charge is -2.28. The monoisotopic (exact) mass is 786 g/mol. The van der Waals surface area contributed by atoms with Crippen molar-refractivity contribution in [3.8, 4) is 23.0 Å². The Kier molecular flexibility index (Phi) is 9.44. The lowest BCUT2D eigenvalue weighted by atomic mass is 10.0. The van der Waals surface area contributed by atoms with Gasteiger partial charge in [0.1, 0.15) is 87.8 Å². The molecule has 0 saturated heterocycles. The van der Waals surface area contributed by atoms with Gasteiger partial charge in [0, 0.05) is 76.4 Å². The molecule has 296 valence electrons. The van der Waals surface area contributed by atoms with Crippen molar-refractivity contribution in [2.24, 2.45) is 0 Å². The standard InChI is InChI=1S/C41H38F4N6O6/c1-20-46-28-11-22(40(52)48(3)4)13-34(56-30-7-9-54-32-17-24(42)15-26(44)36(30)32)38(28)50(20)19-51-21(2)47-29-12-23(41(53)49(5)6)14-35(39(29)51)57-31-8-10-55-33-18-25(43)16-27(45)37(31)33/h11-18,30-31H,7-10,19H2,1-6H3/t30-,31-/m0/s1. The first-order valence-electron chi connectivity index (χ1n) is 18.2. The fourth-order valence-corrected chi connectivity index (χ4v) is 7.49. The molecule has 4 heterocycles. The van der Waals surface area contributed by atoms with Gasteiger partial charge in [-0.2, -0.15) is 0 Å². The van der Waals surface area contributed by atoms with Crippen LogP contribution in [0.1, 0.15) is 68.5 Å². The molecule has 8 rings (SSSR count). The number of carbonyl (C=O) groups is 2. The summed E-state index contributed by atoms with van der Waals surface area (Å²) in [5.74, 6) is -2.30. The average Bonchev–Trinajstić information content (AvgIpc) is 3.64. The van der Waals surface area contributed by atoms with Gasteiger partial charge in [0.25, 0.3) is 11.8 Å². The van der Waals surface area contributed by atoms with E-state index in [0.29, 0.717) is 33.7 Å². The molecule has 0 aliphatic carbocycles. The fourth-order valence-electron chi connectivity index (χ4n) is 7.49. The normalized spacial score (nSPS) is 16.1. The SMILES string of the molecule is Cc1nc2cc(C(=O)N(C)C)cc(O[C@H]3CCOc4cc(F)cc(F)c43)c2n1Cn1c(C)nc2cc(C(=O)N(C)C)cc(O[C@H]3CCOc4cc(F)cc(F)c43)c21. The summed E-state index contributed by atoms with van der Waals surface area (Å²) in [4.78, 5) is 39.1. The zero-order valence-electron chi connectivity index (χ0n) is 32.0. The van der Waals surface area contributed by atoms with Gasteiger partial charge >= 0.3 is 0 Å². The summed E-state index contributed by atoms with van der Waals surface area (Å²) in [5.41, 5.74) is 2.45. The van der Waals surface area contributed by atoms with Crippen LogP contribution in [0.25, 0.3) is 22.1 Å². The minimum Gasteiger partial charge on any atom is -0.493 e. The predicted molar refractivity (Wildman–Crippen MR) is 200 cm³/mol. The van der Waals surface area contributed by atoms with Gasteiger partial charge in [0.05, 0.1) is 35.4 Å². The highest BCUT2D eigenvalue weighted by molar-refractivity contribution is 6.00. The van der Waals surface area contributed by atoms with E-state index in [1.165, 1.54) is 9.80 Å². The number of rotatable bonds is 8. The molecule has 12 nitrogen and oxygen atoms in total. The molecule has 6 aromatic rings. The van der Waals surface area contributed by atoms with E-state index in [2.05, 4.69) is 0 Å². The third kappa shape index (κ3) is 6.72. The van der Waals surface area contributed by atoms with Gasteiger partial charge in [0.15, 0.2) is 0 Å². The molecule has 0 radical (unpaired) electrons. The zero-order valence-corrected chi connectivity index (χ0v) is 32.0. The molecule has 2 aromatic heterocycles. The molecule has 0 saturated carbocycles. The van der Waals surface area contributed by atoms with E-state index in [4.69, 9.17) is 28.9 Å². The van der Waals surface area contributed by atoms with Crippen LogP contribution in [0.4, 0.5) is 17.6 Å². The molecule has 4 aromatic carbocycles. The second kappa shape index (κ2) is 14.3. The number of carbonyl (C=O) groups excluding carboxylic acids is 2. The second-order valence-electron chi connectivity index (χ2n) is 14.5. The van der Waals surface area contributed by atoms with Crippen LogP contribution in [0.15, 0.2) is 48.5 Å². The predicted octanol–water partition coefficient (Wildman–Crippen LogP) is 7.27. The third-order valence-electron chi connectivity index (χ3n) is 10.2. The number of aromatic nitrogens is 4. The van der Waals surface area contributed by atoms with Crippen molar-refractivity contribution in [3.63, 3.8) is 0 Å². The van der Waals surface area contributed by atoms with Crippen LogP contribution in [0.5, 0.6) is 23.0 Å². The summed E-state index contributed by atoms with van der Waals surface area (Å²) in [6, 6.07) is 10.2. The molecule has 0 fully saturated rings. The maximum Gasteiger partial charge on any atom is 0.253 e. The molecule has 2 aliphatic heterocycles. The van der Waals surface area contributed by atoms with Crippen molar-refractivity contribution < 1.29 is 46.1 Å². The highest BCUT2D eigenvalue weighted by atomic mass is 19.1.